The monoisotopic (exact) mass is 470 g/mol. The van der Waals surface area contributed by atoms with Crippen molar-refractivity contribution in [2.75, 3.05) is 6.61 Å². The molecule has 0 radical (unpaired) electrons. The number of rotatable bonds is 8. The zero-order chi connectivity index (χ0) is 22.2. The van der Waals surface area contributed by atoms with Gasteiger partial charge in [0.05, 0.1) is 14.1 Å². The molecule has 19 heteroatoms. The van der Waals surface area contributed by atoms with Gasteiger partial charge in [0.2, 0.25) is 0 Å². The van der Waals surface area contributed by atoms with Crippen LogP contribution in [0.4, 0.5) is 0 Å². The highest BCUT2D eigenvalue weighted by Gasteiger charge is 2.42. The van der Waals surface area contributed by atoms with Gasteiger partial charge in [-0.1, -0.05) is 0 Å². The lowest BCUT2D eigenvalue weighted by Crippen LogP contribution is -2.31. The van der Waals surface area contributed by atoms with Crippen molar-refractivity contribution in [2.24, 2.45) is 0 Å². The number of aromatic amines is 1. The first-order valence-electron chi connectivity index (χ1n) is 7.52. The summed E-state index contributed by atoms with van der Waals surface area (Å²) in [4.78, 5) is 60.1. The van der Waals surface area contributed by atoms with Crippen LogP contribution in [0.2, 0.25) is 0 Å². The highest BCUT2D eigenvalue weighted by molar-refractivity contribution is 7.66. The highest BCUT2D eigenvalue weighted by atomic mass is 31.3. The minimum absolute atomic E-state index is 0.254. The molecule has 0 spiro atoms. The SMILES string of the molecule is [3H]c1cn([C@H]2C[C@H](O)[C@@H](COP(=O)(O)OP(=O)(O)OP(=O)(O)O)O2)c(=O)[nH]c1=O. The van der Waals surface area contributed by atoms with Crippen LogP contribution >= 0.6 is 23.5 Å². The molecule has 0 saturated carbocycles. The van der Waals surface area contributed by atoms with E-state index in [0.29, 0.717) is 0 Å². The summed E-state index contributed by atoms with van der Waals surface area (Å²) in [5.41, 5.74) is -1.90. The zero-order valence-electron chi connectivity index (χ0n) is 14.4. The Morgan fingerprint density at radius 1 is 1.21 bits per heavy atom. The van der Waals surface area contributed by atoms with Crippen molar-refractivity contribution in [1.29, 1.82) is 0 Å². The number of phosphoric ester groups is 1. The number of phosphoric acid groups is 3. The molecule has 28 heavy (non-hydrogen) atoms. The number of nitrogens with zero attached hydrogens (tertiary/aromatic N) is 1. The van der Waals surface area contributed by atoms with Crippen LogP contribution in [0.1, 0.15) is 14.0 Å². The Labute approximate surface area is 156 Å². The van der Waals surface area contributed by atoms with Crippen LogP contribution in [0.5, 0.6) is 0 Å². The zero-order valence-corrected chi connectivity index (χ0v) is 16.1. The molecular weight excluding hydrogens is 453 g/mol. The first-order valence-corrected chi connectivity index (χ1v) is 11.5. The second-order valence-electron chi connectivity index (χ2n) is 5.26. The molecular formula is C9H15N2O14P3. The van der Waals surface area contributed by atoms with Crippen LogP contribution < -0.4 is 11.2 Å². The van der Waals surface area contributed by atoms with E-state index >= 15 is 0 Å². The molecule has 6 N–H and O–H groups in total. The summed E-state index contributed by atoms with van der Waals surface area (Å²) < 4.78 is 58.2. The lowest BCUT2D eigenvalue weighted by atomic mass is 10.2. The van der Waals surface area contributed by atoms with E-state index in [0.717, 1.165) is 10.8 Å². The molecule has 0 aliphatic carbocycles. The van der Waals surface area contributed by atoms with Crippen molar-refractivity contribution in [3.05, 3.63) is 33.1 Å². The number of H-pyrrole nitrogens is 1. The van der Waals surface area contributed by atoms with Gasteiger partial charge >= 0.3 is 29.2 Å². The number of hydrogen-bond acceptors (Lipinski definition) is 10. The van der Waals surface area contributed by atoms with Crippen molar-refractivity contribution in [3.63, 3.8) is 0 Å². The van der Waals surface area contributed by atoms with Crippen molar-refractivity contribution < 1.29 is 57.6 Å². The number of aliphatic hydroxyl groups is 1. The third-order valence-electron chi connectivity index (χ3n) is 3.12. The number of aromatic nitrogens is 2. The van der Waals surface area contributed by atoms with Crippen LogP contribution in [0.25, 0.3) is 0 Å². The van der Waals surface area contributed by atoms with Gasteiger partial charge in [0.15, 0.2) is 0 Å². The fourth-order valence-electron chi connectivity index (χ4n) is 2.11. The second-order valence-corrected chi connectivity index (χ2v) is 9.68. The van der Waals surface area contributed by atoms with Crippen LogP contribution in [-0.4, -0.2) is 53.0 Å². The summed E-state index contributed by atoms with van der Waals surface area (Å²) in [7, 11) is -16.6. The Balaban J connectivity index is 2.03. The molecule has 1 aliphatic rings. The predicted molar refractivity (Wildman–Crippen MR) is 85.7 cm³/mol. The van der Waals surface area contributed by atoms with Crippen LogP contribution in [0.15, 0.2) is 21.8 Å². The third-order valence-corrected chi connectivity index (χ3v) is 6.92. The lowest BCUT2D eigenvalue weighted by Gasteiger charge is -2.19. The van der Waals surface area contributed by atoms with E-state index in [-0.39, 0.29) is 6.42 Å². The minimum atomic E-state index is -5.69. The van der Waals surface area contributed by atoms with Gasteiger partial charge in [0.1, 0.15) is 12.3 Å². The third kappa shape index (κ3) is 6.81. The molecule has 0 bridgehead atoms. The molecule has 2 rings (SSSR count). The van der Waals surface area contributed by atoms with Gasteiger partial charge in [-0.2, -0.15) is 8.62 Å². The highest BCUT2D eigenvalue weighted by Crippen LogP contribution is 2.66. The summed E-state index contributed by atoms with van der Waals surface area (Å²) in [6.45, 7) is -0.923. The largest absolute Gasteiger partial charge is 0.490 e. The van der Waals surface area contributed by atoms with Gasteiger partial charge in [0.25, 0.3) is 5.56 Å². The summed E-state index contributed by atoms with van der Waals surface area (Å²) in [5, 5.41) is 9.93. The predicted octanol–water partition coefficient (Wildman–Crippen LogP) is -1.47. The topological polar surface area (TPSA) is 244 Å². The molecule has 2 heterocycles. The average Bonchev–Trinajstić information content (AvgIpc) is 2.86. The molecule has 1 aromatic heterocycles. The molecule has 0 amide bonds. The van der Waals surface area contributed by atoms with Gasteiger partial charge in [-0.15, -0.1) is 0 Å². The molecule has 1 aliphatic heterocycles. The standard InChI is InChI=1S/C9H15N2O14P3/c12-5-3-8(11-2-1-7(13)10-9(11)14)23-6(5)4-22-27(18,19)25-28(20,21)24-26(15,16)17/h1-2,5-6,8,12H,3-4H2,(H,18,19)(H,20,21)(H,10,13,14)(H2,15,16,17)/t5-,6+,8+/m0/s1/i1T. The van der Waals surface area contributed by atoms with Crippen molar-refractivity contribution in [3.8, 4) is 0 Å². The van der Waals surface area contributed by atoms with E-state index in [4.69, 9.17) is 20.8 Å². The van der Waals surface area contributed by atoms with Crippen LogP contribution in [0.3, 0.4) is 0 Å². The van der Waals surface area contributed by atoms with Gasteiger partial charge in [-0.25, -0.2) is 18.5 Å². The Kier molecular flexibility index (Phi) is 6.51. The molecule has 160 valence electrons. The van der Waals surface area contributed by atoms with E-state index < -0.39 is 65.8 Å². The lowest BCUT2D eigenvalue weighted by molar-refractivity contribution is -0.0450. The summed E-state index contributed by atoms with van der Waals surface area (Å²) in [6, 6.07) is -0.570. The average molecular weight is 470 g/mol. The Hall–Kier alpha value is -0.990. The fourth-order valence-corrected chi connectivity index (χ4v) is 5.14. The Morgan fingerprint density at radius 2 is 1.86 bits per heavy atom. The molecule has 5 atom stereocenters. The van der Waals surface area contributed by atoms with Crippen LogP contribution in [-0.2, 0) is 31.6 Å². The number of aliphatic hydroxyl groups excluding tert-OH is 1. The van der Waals surface area contributed by atoms with E-state index in [9.17, 15) is 33.3 Å². The van der Waals surface area contributed by atoms with Gasteiger partial charge in [0, 0.05) is 18.7 Å². The summed E-state index contributed by atoms with van der Waals surface area (Å²) in [5.74, 6) is 0. The first kappa shape index (κ1) is 21.7. The smallest absolute Gasteiger partial charge is 0.390 e. The maximum Gasteiger partial charge on any atom is 0.490 e. The van der Waals surface area contributed by atoms with Crippen molar-refractivity contribution in [2.45, 2.75) is 24.9 Å². The molecule has 1 saturated heterocycles. The minimum Gasteiger partial charge on any atom is -0.390 e. The molecule has 2 unspecified atom stereocenters. The maximum atomic E-state index is 11.8. The van der Waals surface area contributed by atoms with E-state index in [1.165, 1.54) is 0 Å². The normalized spacial score (nSPS) is 27.8. The van der Waals surface area contributed by atoms with Gasteiger partial charge in [-0.3, -0.25) is 18.9 Å². The van der Waals surface area contributed by atoms with Crippen molar-refractivity contribution in [1.82, 2.24) is 9.55 Å². The van der Waals surface area contributed by atoms with Gasteiger partial charge < -0.3 is 29.4 Å². The van der Waals surface area contributed by atoms with Crippen LogP contribution in [0, 0.1) is 0 Å². The number of hydrogen-bond donors (Lipinski definition) is 6. The Morgan fingerprint density at radius 3 is 2.46 bits per heavy atom. The van der Waals surface area contributed by atoms with Crippen molar-refractivity contribution >= 4 is 23.5 Å². The Bertz CT molecular complexity index is 1020. The second kappa shape index (κ2) is 8.40. The summed E-state index contributed by atoms with van der Waals surface area (Å²) in [6.07, 6.45) is -3.33. The molecule has 1 aromatic rings. The van der Waals surface area contributed by atoms with E-state index in [1.807, 2.05) is 4.98 Å². The quantitative estimate of drug-likeness (QED) is 0.238. The number of ether oxygens (including phenoxy) is 1. The summed E-state index contributed by atoms with van der Waals surface area (Å²) >= 11 is 0. The number of nitrogens with one attached hydrogen (secondary N) is 1. The van der Waals surface area contributed by atoms with E-state index in [1.54, 1.807) is 0 Å². The molecule has 0 aromatic carbocycles. The maximum absolute atomic E-state index is 11.8. The molecule has 1 fully saturated rings. The van der Waals surface area contributed by atoms with Gasteiger partial charge in [-0.05, 0) is 0 Å². The fraction of sp³-hybridized carbons (Fsp3) is 0.556. The van der Waals surface area contributed by atoms with E-state index in [2.05, 4.69) is 13.1 Å². The first-order chi connectivity index (χ1) is 13.1. The molecule has 16 nitrogen and oxygen atoms in total.